The van der Waals surface area contributed by atoms with Gasteiger partial charge in [-0.2, -0.15) is 5.10 Å². The summed E-state index contributed by atoms with van der Waals surface area (Å²) in [6, 6.07) is 12.6. The third-order valence-electron chi connectivity index (χ3n) is 9.42. The number of hydrogen-bond acceptors (Lipinski definition) is 9. The molecule has 2 aliphatic rings. The topological polar surface area (TPSA) is 141 Å². The molecule has 1 aliphatic carbocycles. The molecular formula is C37H49N5O7. The van der Waals surface area contributed by atoms with Gasteiger partial charge in [0.2, 0.25) is 5.91 Å². The Bertz CT molecular complexity index is 1670. The molecule has 1 saturated carbocycles. The number of hydrogen-bond donors (Lipinski definition) is 1. The van der Waals surface area contributed by atoms with Crippen LogP contribution in [-0.2, 0) is 36.8 Å². The van der Waals surface area contributed by atoms with Crippen molar-refractivity contribution in [2.75, 3.05) is 13.7 Å². The second-order valence-electron chi connectivity index (χ2n) is 15.5. The van der Waals surface area contributed by atoms with Crippen molar-refractivity contribution < 1.29 is 33.4 Å². The third-order valence-corrected chi connectivity index (χ3v) is 9.42. The Balaban J connectivity index is 1.43. The Kier molecular flexibility index (Phi) is 10.4. The second-order valence-corrected chi connectivity index (χ2v) is 15.5. The summed E-state index contributed by atoms with van der Waals surface area (Å²) in [5.41, 5.74) is -0.626. The van der Waals surface area contributed by atoms with E-state index >= 15 is 0 Å². The fraction of sp³-hybridized carbons (Fsp3) is 0.568. The molecular weight excluding hydrogens is 626 g/mol. The van der Waals surface area contributed by atoms with Crippen LogP contribution >= 0.6 is 0 Å². The molecule has 3 amide bonds. The highest BCUT2D eigenvalue weighted by Crippen LogP contribution is 2.45. The van der Waals surface area contributed by atoms with Crippen molar-refractivity contribution in [2.24, 2.45) is 22.7 Å². The molecule has 0 bridgehead atoms. The van der Waals surface area contributed by atoms with E-state index in [0.717, 1.165) is 36.1 Å². The number of aromatic nitrogens is 3. The van der Waals surface area contributed by atoms with Gasteiger partial charge in [-0.05, 0) is 75.0 Å². The maximum atomic E-state index is 14.1. The first-order valence-electron chi connectivity index (χ1n) is 17.0. The van der Waals surface area contributed by atoms with E-state index in [1.54, 1.807) is 43.6 Å². The lowest BCUT2D eigenvalue weighted by atomic mass is 9.66. The molecule has 1 saturated heterocycles. The predicted octanol–water partition coefficient (Wildman–Crippen LogP) is 6.42. The van der Waals surface area contributed by atoms with E-state index in [0.29, 0.717) is 23.0 Å². The molecule has 3 aromatic rings. The van der Waals surface area contributed by atoms with Gasteiger partial charge in [-0.25, -0.2) is 24.0 Å². The van der Waals surface area contributed by atoms with Crippen LogP contribution in [0.15, 0.2) is 48.7 Å². The van der Waals surface area contributed by atoms with Crippen molar-refractivity contribution in [3.63, 3.8) is 0 Å². The van der Waals surface area contributed by atoms with E-state index in [2.05, 4.69) is 12.2 Å². The molecule has 12 nitrogen and oxygen atoms in total. The van der Waals surface area contributed by atoms with E-state index in [9.17, 15) is 19.2 Å². The van der Waals surface area contributed by atoms with E-state index in [-0.39, 0.29) is 31.9 Å². The molecule has 12 heteroatoms. The first kappa shape index (κ1) is 35.8. The Morgan fingerprint density at radius 2 is 1.73 bits per heavy atom. The Morgan fingerprint density at radius 3 is 2.39 bits per heavy atom. The van der Waals surface area contributed by atoms with Crippen LogP contribution in [0.5, 0.6) is 0 Å². The van der Waals surface area contributed by atoms with Gasteiger partial charge in [-0.3, -0.25) is 9.59 Å². The minimum Gasteiger partial charge on any atom is -0.468 e. The zero-order chi connectivity index (χ0) is 35.6. The van der Waals surface area contributed by atoms with Gasteiger partial charge in [0.05, 0.1) is 30.7 Å². The molecule has 5 rings (SSSR count). The van der Waals surface area contributed by atoms with Crippen LogP contribution in [-0.4, -0.2) is 62.8 Å². The number of ether oxygens (including phenoxy) is 3. The summed E-state index contributed by atoms with van der Waals surface area (Å²) in [4.78, 5) is 59.8. The van der Waals surface area contributed by atoms with Crippen molar-refractivity contribution in [1.29, 1.82) is 0 Å². The molecule has 49 heavy (non-hydrogen) atoms. The van der Waals surface area contributed by atoms with Crippen LogP contribution in [0.1, 0.15) is 96.6 Å². The standard InChI is InChI=1S/C37H49N5O7/c1-24-13-15-26(16-14-24)30(39-33(45)48-21-25-11-9-8-10-12-25)28-20-42-29(38-28)18-17-27(40-42)19-37(32(44)47-7)22-36(5,6)23-41(31(37)43)34(46)49-35(2,3)4/h8-12,17-18,20,24,26,30H,13-16,19,21-23H2,1-7H3,(H,39,45)/t24?,26?,30-,37?/m0/s1. The molecule has 1 N–H and O–H groups in total. The van der Waals surface area contributed by atoms with Crippen molar-refractivity contribution in [3.05, 3.63) is 65.6 Å². The fourth-order valence-corrected chi connectivity index (χ4v) is 7.17. The van der Waals surface area contributed by atoms with Crippen molar-refractivity contribution in [1.82, 2.24) is 24.8 Å². The number of amides is 3. The first-order chi connectivity index (χ1) is 23.1. The van der Waals surface area contributed by atoms with Crippen LogP contribution in [0.2, 0.25) is 0 Å². The maximum absolute atomic E-state index is 14.1. The van der Waals surface area contributed by atoms with Gasteiger partial charge in [-0.1, -0.05) is 63.9 Å². The number of carbonyl (C=O) groups excluding carboxylic acids is 4. The van der Waals surface area contributed by atoms with Gasteiger partial charge >= 0.3 is 18.2 Å². The third kappa shape index (κ3) is 8.40. The van der Waals surface area contributed by atoms with Crippen LogP contribution in [0, 0.1) is 22.7 Å². The number of alkyl carbamates (subject to hydrolysis) is 1. The SMILES string of the molecule is COC(=O)C1(Cc2ccc3nc([C@@H](NC(=O)OCc4ccccc4)C4CCC(C)CC4)cn3n2)CC(C)(C)CN(C(=O)OC(C)(C)C)C1=O. The summed E-state index contributed by atoms with van der Waals surface area (Å²) < 4.78 is 17.9. The van der Waals surface area contributed by atoms with Gasteiger partial charge in [0, 0.05) is 13.0 Å². The molecule has 0 spiro atoms. The zero-order valence-electron chi connectivity index (χ0n) is 29.7. The number of piperidine rings is 1. The molecule has 1 aliphatic heterocycles. The fourth-order valence-electron chi connectivity index (χ4n) is 7.17. The first-order valence-corrected chi connectivity index (χ1v) is 17.0. The van der Waals surface area contributed by atoms with Crippen LogP contribution in [0.3, 0.4) is 0 Å². The highest BCUT2D eigenvalue weighted by Gasteiger charge is 2.58. The summed E-state index contributed by atoms with van der Waals surface area (Å²) in [5.74, 6) is -0.635. The summed E-state index contributed by atoms with van der Waals surface area (Å²) in [6.07, 6.45) is 4.48. The average Bonchev–Trinajstić information content (AvgIpc) is 3.47. The number of esters is 1. The van der Waals surface area contributed by atoms with E-state index in [4.69, 9.17) is 24.3 Å². The lowest BCUT2D eigenvalue weighted by Crippen LogP contribution is -2.61. The average molecular weight is 676 g/mol. The van der Waals surface area contributed by atoms with E-state index < -0.39 is 46.5 Å². The number of imidazole rings is 1. The Labute approximate surface area is 287 Å². The minimum absolute atomic E-state index is 0.0962. The highest BCUT2D eigenvalue weighted by molar-refractivity contribution is 6.08. The van der Waals surface area contributed by atoms with Gasteiger partial charge in [0.15, 0.2) is 11.1 Å². The minimum atomic E-state index is -1.71. The van der Waals surface area contributed by atoms with Gasteiger partial charge < -0.3 is 19.5 Å². The summed E-state index contributed by atoms with van der Waals surface area (Å²) in [6.45, 7) is 11.5. The van der Waals surface area contributed by atoms with Crippen LogP contribution < -0.4 is 5.32 Å². The Morgan fingerprint density at radius 1 is 1.04 bits per heavy atom. The number of nitrogens with zero attached hydrogens (tertiary/aromatic N) is 4. The molecule has 1 aromatic carbocycles. The Hall–Kier alpha value is -4.48. The second kappa shape index (κ2) is 14.2. The number of methoxy groups -OCH3 is 1. The lowest BCUT2D eigenvalue weighted by molar-refractivity contribution is -0.171. The molecule has 0 radical (unpaired) electrons. The number of rotatable bonds is 8. The molecule has 2 aromatic heterocycles. The van der Waals surface area contributed by atoms with Crippen LogP contribution in [0.25, 0.3) is 5.65 Å². The predicted molar refractivity (Wildman–Crippen MR) is 181 cm³/mol. The normalized spacial score (nSPS) is 23.1. The monoisotopic (exact) mass is 675 g/mol. The summed E-state index contributed by atoms with van der Waals surface area (Å²) in [5, 5.41) is 7.86. The van der Waals surface area contributed by atoms with Gasteiger partial charge in [0.25, 0.3) is 0 Å². The van der Waals surface area contributed by atoms with Gasteiger partial charge in [-0.15, -0.1) is 0 Å². The van der Waals surface area contributed by atoms with Gasteiger partial charge in [0.1, 0.15) is 12.2 Å². The summed E-state index contributed by atoms with van der Waals surface area (Å²) in [7, 11) is 1.24. The highest BCUT2D eigenvalue weighted by atomic mass is 16.6. The lowest BCUT2D eigenvalue weighted by Gasteiger charge is -2.46. The quantitative estimate of drug-likeness (QED) is 0.163. The smallest absolute Gasteiger partial charge is 0.417 e. The molecule has 2 atom stereocenters. The van der Waals surface area contributed by atoms with Crippen molar-refractivity contribution >= 4 is 29.7 Å². The zero-order valence-corrected chi connectivity index (χ0v) is 29.7. The molecule has 264 valence electrons. The largest absolute Gasteiger partial charge is 0.468 e. The van der Waals surface area contributed by atoms with Crippen LogP contribution in [0.4, 0.5) is 9.59 Å². The number of benzene rings is 1. The van der Waals surface area contributed by atoms with E-state index in [1.165, 1.54) is 7.11 Å². The number of likely N-dealkylation sites (tertiary alicyclic amines) is 1. The maximum Gasteiger partial charge on any atom is 0.417 e. The molecule has 3 heterocycles. The number of carbonyl (C=O) groups is 4. The molecule has 1 unspecified atom stereocenters. The van der Waals surface area contributed by atoms with Crippen molar-refractivity contribution in [3.8, 4) is 0 Å². The number of nitrogens with one attached hydrogen (secondary N) is 1. The summed E-state index contributed by atoms with van der Waals surface area (Å²) >= 11 is 0. The number of fused-ring (bicyclic) bond motifs is 1. The van der Waals surface area contributed by atoms with Crippen molar-refractivity contribution in [2.45, 2.75) is 98.3 Å². The van der Waals surface area contributed by atoms with E-state index in [1.807, 2.05) is 44.2 Å². The number of imide groups is 1. The molecule has 2 fully saturated rings.